The maximum Gasteiger partial charge on any atom is 0.139 e. The largest absolute Gasteiger partial charge is 0.373 e. The smallest absolute Gasteiger partial charge is 0.139 e. The quantitative estimate of drug-likeness (QED) is 0.663. The maximum absolute atomic E-state index is 13.2. The van der Waals surface area contributed by atoms with E-state index >= 15 is 0 Å². The second-order valence-electron chi connectivity index (χ2n) is 10.4. The highest BCUT2D eigenvalue weighted by Gasteiger charge is 2.57. The van der Waals surface area contributed by atoms with Crippen molar-refractivity contribution in [3.05, 3.63) is 34.9 Å². The molecule has 4 atom stereocenters. The molecule has 0 aromatic heterocycles. The van der Waals surface area contributed by atoms with Crippen LogP contribution in [0, 0.1) is 22.7 Å². The van der Waals surface area contributed by atoms with Gasteiger partial charge in [-0.3, -0.25) is 9.59 Å². The van der Waals surface area contributed by atoms with E-state index in [0.717, 1.165) is 18.4 Å². The summed E-state index contributed by atoms with van der Waals surface area (Å²) < 4.78 is 6.51. The zero-order chi connectivity index (χ0) is 19.6. The number of ketones is 2. The Labute approximate surface area is 166 Å². The fraction of sp³-hybridized carbons (Fsp3) is 0.652. The Bertz CT molecular complexity index is 722. The second-order valence-corrected chi connectivity index (χ2v) is 10.8. The van der Waals surface area contributed by atoms with Crippen LogP contribution in [0.5, 0.6) is 0 Å². The Morgan fingerprint density at radius 3 is 1.70 bits per heavy atom. The van der Waals surface area contributed by atoms with Crippen molar-refractivity contribution >= 4 is 23.2 Å². The number of benzene rings is 1. The predicted octanol–water partition coefficient (Wildman–Crippen LogP) is 5.20. The van der Waals surface area contributed by atoms with E-state index in [1.165, 1.54) is 0 Å². The third-order valence-corrected chi connectivity index (χ3v) is 6.99. The molecule has 27 heavy (non-hydrogen) atoms. The summed E-state index contributed by atoms with van der Waals surface area (Å²) in [6.45, 7) is 8.57. The molecular weight excluding hydrogens is 360 g/mol. The van der Waals surface area contributed by atoms with Gasteiger partial charge in [-0.15, -0.1) is 0 Å². The molecule has 1 aromatic carbocycles. The van der Waals surface area contributed by atoms with Gasteiger partial charge in [0.15, 0.2) is 0 Å². The molecule has 0 spiro atoms. The van der Waals surface area contributed by atoms with Crippen molar-refractivity contribution in [3.63, 3.8) is 0 Å². The second kappa shape index (κ2) is 6.42. The fourth-order valence-corrected chi connectivity index (χ4v) is 5.88. The molecule has 0 bridgehead atoms. The van der Waals surface area contributed by atoms with Crippen molar-refractivity contribution < 1.29 is 14.3 Å². The van der Waals surface area contributed by atoms with E-state index in [1.54, 1.807) is 0 Å². The molecule has 3 fully saturated rings. The molecule has 0 radical (unpaired) electrons. The van der Waals surface area contributed by atoms with Crippen LogP contribution >= 0.6 is 11.6 Å². The summed E-state index contributed by atoms with van der Waals surface area (Å²) in [5.41, 5.74) is 0.946. The summed E-state index contributed by atoms with van der Waals surface area (Å²) >= 11 is 6.10. The Kier molecular flexibility index (Phi) is 4.55. The Balaban J connectivity index is 1.79. The first kappa shape index (κ1) is 19.1. The van der Waals surface area contributed by atoms with Gasteiger partial charge in [-0.05, 0) is 41.4 Å². The first-order chi connectivity index (χ1) is 12.6. The van der Waals surface area contributed by atoms with Crippen molar-refractivity contribution in [3.8, 4) is 0 Å². The van der Waals surface area contributed by atoms with Crippen molar-refractivity contribution in [2.24, 2.45) is 22.7 Å². The van der Waals surface area contributed by atoms with E-state index in [1.807, 2.05) is 24.3 Å². The van der Waals surface area contributed by atoms with Crippen molar-refractivity contribution in [2.75, 3.05) is 0 Å². The average Bonchev–Trinajstić information content (AvgIpc) is 2.51. The van der Waals surface area contributed by atoms with Gasteiger partial charge in [-0.1, -0.05) is 51.4 Å². The lowest BCUT2D eigenvalue weighted by atomic mass is 9.56. The zero-order valence-electron chi connectivity index (χ0n) is 16.6. The van der Waals surface area contributed by atoms with E-state index in [9.17, 15) is 9.59 Å². The first-order valence-corrected chi connectivity index (χ1v) is 10.4. The number of halogens is 1. The van der Waals surface area contributed by atoms with Gasteiger partial charge >= 0.3 is 0 Å². The van der Waals surface area contributed by atoms with Crippen LogP contribution < -0.4 is 0 Å². The molecule has 0 amide bonds. The van der Waals surface area contributed by atoms with Gasteiger partial charge in [-0.25, -0.2) is 0 Å². The molecule has 4 unspecified atom stereocenters. The van der Waals surface area contributed by atoms with Crippen molar-refractivity contribution in [2.45, 2.75) is 71.5 Å². The van der Waals surface area contributed by atoms with E-state index in [0.29, 0.717) is 17.9 Å². The van der Waals surface area contributed by atoms with Gasteiger partial charge in [0.1, 0.15) is 11.6 Å². The van der Waals surface area contributed by atoms with Crippen LogP contribution in [0.3, 0.4) is 0 Å². The number of fused-ring (bicyclic) bond motifs is 2. The number of carbonyl (C=O) groups is 2. The molecule has 2 aliphatic carbocycles. The summed E-state index contributed by atoms with van der Waals surface area (Å²) in [5.74, 6) is -0.0750. The highest BCUT2D eigenvalue weighted by atomic mass is 35.5. The molecule has 1 aliphatic heterocycles. The molecule has 3 nitrogen and oxygen atoms in total. The highest BCUT2D eigenvalue weighted by Crippen LogP contribution is 2.54. The summed E-state index contributed by atoms with van der Waals surface area (Å²) in [7, 11) is 0. The number of carbonyl (C=O) groups excluding carboxylic acids is 2. The van der Waals surface area contributed by atoms with Crippen LogP contribution in [0.25, 0.3) is 0 Å². The molecular formula is C23H29ClO3. The van der Waals surface area contributed by atoms with E-state index < -0.39 is 0 Å². The third-order valence-electron chi connectivity index (χ3n) is 6.74. The van der Waals surface area contributed by atoms with E-state index in [2.05, 4.69) is 27.7 Å². The molecule has 2 saturated carbocycles. The monoisotopic (exact) mass is 388 g/mol. The SMILES string of the molecule is CC1(C)CC(=O)C2C(C1)OC1CC(C)(C)CC(=O)C1C2c1ccc(Cl)cc1. The van der Waals surface area contributed by atoms with Gasteiger partial charge in [0.25, 0.3) is 0 Å². The van der Waals surface area contributed by atoms with Crippen LogP contribution in [-0.2, 0) is 14.3 Å². The minimum Gasteiger partial charge on any atom is -0.373 e. The molecule has 146 valence electrons. The lowest BCUT2D eigenvalue weighted by Gasteiger charge is -2.54. The molecule has 4 heteroatoms. The maximum atomic E-state index is 13.2. The standard InChI is InChI=1S/C23H29ClO3/c1-22(2)9-15(25)20-17(11-22)27-18-12-23(3,4)10-16(26)21(18)19(20)13-5-7-14(24)8-6-13/h5-8,17-21H,9-12H2,1-4H3. The normalized spacial score (nSPS) is 37.4. The average molecular weight is 389 g/mol. The van der Waals surface area contributed by atoms with Gasteiger partial charge in [-0.2, -0.15) is 0 Å². The fourth-order valence-electron chi connectivity index (χ4n) is 5.76. The summed E-state index contributed by atoms with van der Waals surface area (Å²) in [6, 6.07) is 7.72. The lowest BCUT2D eigenvalue weighted by Crippen LogP contribution is -2.58. The molecule has 1 heterocycles. The van der Waals surface area contributed by atoms with Crippen LogP contribution in [-0.4, -0.2) is 23.8 Å². The molecule has 0 N–H and O–H groups in total. The van der Waals surface area contributed by atoms with E-state index in [4.69, 9.17) is 16.3 Å². The van der Waals surface area contributed by atoms with Gasteiger partial charge < -0.3 is 4.74 Å². The topological polar surface area (TPSA) is 43.4 Å². The summed E-state index contributed by atoms with van der Waals surface area (Å²) in [4.78, 5) is 26.4. The lowest BCUT2D eigenvalue weighted by molar-refractivity contribution is -0.186. The van der Waals surface area contributed by atoms with Gasteiger partial charge in [0, 0.05) is 23.8 Å². The first-order valence-electron chi connectivity index (χ1n) is 10.0. The molecule has 1 saturated heterocycles. The number of ether oxygens (including phenoxy) is 1. The highest BCUT2D eigenvalue weighted by molar-refractivity contribution is 6.30. The van der Waals surface area contributed by atoms with E-state index in [-0.39, 0.29) is 52.4 Å². The minimum atomic E-state index is -0.231. The molecule has 1 aromatic rings. The predicted molar refractivity (Wildman–Crippen MR) is 106 cm³/mol. The molecule has 4 rings (SSSR count). The Hall–Kier alpha value is -1.19. The zero-order valence-corrected chi connectivity index (χ0v) is 17.4. The van der Waals surface area contributed by atoms with Crippen LogP contribution in [0.4, 0.5) is 0 Å². The van der Waals surface area contributed by atoms with Gasteiger partial charge in [0.2, 0.25) is 0 Å². The number of hydrogen-bond acceptors (Lipinski definition) is 3. The Morgan fingerprint density at radius 1 is 0.815 bits per heavy atom. The van der Waals surface area contributed by atoms with Gasteiger partial charge in [0.05, 0.1) is 24.0 Å². The van der Waals surface area contributed by atoms with Crippen LogP contribution in [0.1, 0.15) is 64.9 Å². The molecule has 3 aliphatic rings. The Morgan fingerprint density at radius 2 is 1.26 bits per heavy atom. The number of Topliss-reactive ketones (excluding diaryl/α,β-unsaturated/α-hetero) is 2. The van der Waals surface area contributed by atoms with Crippen molar-refractivity contribution in [1.29, 1.82) is 0 Å². The summed E-state index contributed by atoms with van der Waals surface area (Å²) in [5, 5.41) is 0.672. The third kappa shape index (κ3) is 3.49. The van der Waals surface area contributed by atoms with Crippen molar-refractivity contribution in [1.82, 2.24) is 0 Å². The summed E-state index contributed by atoms with van der Waals surface area (Å²) in [6.07, 6.45) is 2.63. The van der Waals surface area contributed by atoms with Crippen LogP contribution in [0.15, 0.2) is 24.3 Å². The minimum absolute atomic E-state index is 0.0518. The van der Waals surface area contributed by atoms with Crippen LogP contribution in [0.2, 0.25) is 5.02 Å². The number of hydrogen-bond donors (Lipinski definition) is 0. The number of rotatable bonds is 1.